The van der Waals surface area contributed by atoms with E-state index in [1.807, 2.05) is 20.8 Å². The second-order valence-corrected chi connectivity index (χ2v) is 4.81. The van der Waals surface area contributed by atoms with Crippen molar-refractivity contribution in [3.63, 3.8) is 0 Å². The van der Waals surface area contributed by atoms with E-state index in [0.717, 1.165) is 26.2 Å². The Labute approximate surface area is 110 Å². The summed E-state index contributed by atoms with van der Waals surface area (Å²) in [6, 6.07) is 0. The van der Waals surface area contributed by atoms with Crippen molar-refractivity contribution in [2.75, 3.05) is 14.2 Å². The largest absolute Gasteiger partial charge is 0.496 e. The highest BCUT2D eigenvalue weighted by molar-refractivity contribution is 9.10. The van der Waals surface area contributed by atoms with Crippen molar-refractivity contribution in [1.82, 2.24) is 5.01 Å². The molecule has 0 saturated heterocycles. The Morgan fingerprint density at radius 2 is 1.76 bits per heavy atom. The average molecular weight is 301 g/mol. The molecule has 2 N–H and O–H groups in total. The maximum Gasteiger partial charge on any atom is 0.271 e. The third-order valence-electron chi connectivity index (χ3n) is 2.90. The molecular weight excluding hydrogens is 284 g/mol. The Balaban J connectivity index is 3.64. The van der Waals surface area contributed by atoms with Gasteiger partial charge in [0, 0.05) is 11.5 Å². The summed E-state index contributed by atoms with van der Waals surface area (Å²) in [5.74, 6) is 5.84. The summed E-state index contributed by atoms with van der Waals surface area (Å²) < 4.78 is 6.26. The lowest BCUT2D eigenvalue weighted by atomic mass is 9.98. The number of hydrogen-bond acceptors (Lipinski definition) is 3. The third-order valence-corrected chi connectivity index (χ3v) is 4.09. The molecule has 0 fully saturated rings. The fourth-order valence-electron chi connectivity index (χ4n) is 1.77. The number of hydrazine groups is 1. The molecule has 0 aromatic heterocycles. The van der Waals surface area contributed by atoms with Gasteiger partial charge in [0.1, 0.15) is 5.75 Å². The normalized spacial score (nSPS) is 10.3. The van der Waals surface area contributed by atoms with Crippen molar-refractivity contribution in [1.29, 1.82) is 0 Å². The molecule has 94 valence electrons. The topological polar surface area (TPSA) is 55.6 Å². The summed E-state index contributed by atoms with van der Waals surface area (Å²) in [5.41, 5.74) is 3.35. The number of nitrogens with two attached hydrogens (primary N) is 1. The summed E-state index contributed by atoms with van der Waals surface area (Å²) in [6.45, 7) is 5.77. The van der Waals surface area contributed by atoms with Crippen LogP contribution in [-0.4, -0.2) is 25.1 Å². The number of carbonyl (C=O) groups excluding carboxylic acids is 1. The first-order chi connectivity index (χ1) is 7.82. The minimum absolute atomic E-state index is 0.261. The number of nitrogens with zero attached hydrogens (tertiary/aromatic N) is 1. The maximum atomic E-state index is 12.1. The fourth-order valence-corrected chi connectivity index (χ4v) is 2.27. The zero-order valence-electron chi connectivity index (χ0n) is 10.7. The molecule has 1 amide bonds. The van der Waals surface area contributed by atoms with Crippen LogP contribution < -0.4 is 10.6 Å². The number of ether oxygens (including phenoxy) is 1. The van der Waals surface area contributed by atoms with E-state index >= 15 is 0 Å². The van der Waals surface area contributed by atoms with E-state index in [1.54, 1.807) is 7.11 Å². The number of methoxy groups -OCH3 is 1. The summed E-state index contributed by atoms with van der Waals surface area (Å²) in [5, 5.41) is 1.06. The summed E-state index contributed by atoms with van der Waals surface area (Å²) in [4.78, 5) is 12.1. The molecule has 0 unspecified atom stereocenters. The lowest BCUT2D eigenvalue weighted by molar-refractivity contribution is 0.0790. The molecule has 0 aliphatic carbocycles. The van der Waals surface area contributed by atoms with Crippen LogP contribution in [0.25, 0.3) is 0 Å². The van der Waals surface area contributed by atoms with Crippen LogP contribution in [-0.2, 0) is 0 Å². The predicted octanol–water partition coefficient (Wildman–Crippen LogP) is 2.33. The van der Waals surface area contributed by atoms with Gasteiger partial charge in [0.2, 0.25) is 0 Å². The molecule has 4 nitrogen and oxygen atoms in total. The van der Waals surface area contributed by atoms with Gasteiger partial charge in [-0.2, -0.15) is 0 Å². The van der Waals surface area contributed by atoms with E-state index in [1.165, 1.54) is 7.05 Å². The zero-order valence-corrected chi connectivity index (χ0v) is 12.3. The molecule has 0 aliphatic rings. The molecule has 0 heterocycles. The van der Waals surface area contributed by atoms with E-state index in [0.29, 0.717) is 11.3 Å². The van der Waals surface area contributed by atoms with Gasteiger partial charge < -0.3 is 4.74 Å². The molecule has 0 radical (unpaired) electrons. The molecule has 0 aliphatic heterocycles. The second-order valence-electron chi connectivity index (χ2n) is 4.01. The number of carbonyl (C=O) groups is 1. The van der Waals surface area contributed by atoms with Crippen LogP contribution in [0.4, 0.5) is 0 Å². The molecule has 1 aromatic carbocycles. The Hall–Kier alpha value is -1.07. The highest BCUT2D eigenvalue weighted by Crippen LogP contribution is 2.36. The molecule has 0 saturated carbocycles. The molecule has 0 spiro atoms. The first-order valence-electron chi connectivity index (χ1n) is 5.18. The van der Waals surface area contributed by atoms with Crippen molar-refractivity contribution in [2.45, 2.75) is 20.8 Å². The average Bonchev–Trinajstić information content (AvgIpc) is 2.29. The van der Waals surface area contributed by atoms with Gasteiger partial charge in [-0.15, -0.1) is 0 Å². The van der Waals surface area contributed by atoms with Gasteiger partial charge in [-0.05, 0) is 37.5 Å². The van der Waals surface area contributed by atoms with Gasteiger partial charge in [-0.3, -0.25) is 9.80 Å². The van der Waals surface area contributed by atoms with Gasteiger partial charge in [-0.25, -0.2) is 5.84 Å². The van der Waals surface area contributed by atoms with E-state index < -0.39 is 0 Å². The van der Waals surface area contributed by atoms with E-state index in [9.17, 15) is 4.79 Å². The summed E-state index contributed by atoms with van der Waals surface area (Å²) in [7, 11) is 3.08. The molecule has 0 bridgehead atoms. The number of amides is 1. The highest BCUT2D eigenvalue weighted by atomic mass is 79.9. The van der Waals surface area contributed by atoms with Gasteiger partial charge in [0.15, 0.2) is 0 Å². The predicted molar refractivity (Wildman–Crippen MR) is 71.2 cm³/mol. The minimum Gasteiger partial charge on any atom is -0.496 e. The van der Waals surface area contributed by atoms with Crippen LogP contribution in [0.3, 0.4) is 0 Å². The SMILES string of the molecule is COc1c(C)c(C)c(Br)c(C)c1C(=O)N(C)N. The standard InChI is InChI=1S/C12H17BrN2O2/c1-6-7(2)11(17-5)9(8(3)10(6)13)12(16)15(4)14/h14H2,1-5H3. The van der Waals surface area contributed by atoms with Crippen molar-refractivity contribution < 1.29 is 9.53 Å². The van der Waals surface area contributed by atoms with Crippen LogP contribution >= 0.6 is 15.9 Å². The Kier molecular flexibility index (Phi) is 4.16. The zero-order chi connectivity index (χ0) is 13.3. The van der Waals surface area contributed by atoms with Crippen molar-refractivity contribution >= 4 is 21.8 Å². The van der Waals surface area contributed by atoms with Gasteiger partial charge >= 0.3 is 0 Å². The summed E-state index contributed by atoms with van der Waals surface area (Å²) >= 11 is 3.49. The quantitative estimate of drug-likeness (QED) is 0.518. The fraction of sp³-hybridized carbons (Fsp3) is 0.417. The van der Waals surface area contributed by atoms with Crippen LogP contribution in [0.2, 0.25) is 0 Å². The molecule has 0 atom stereocenters. The van der Waals surface area contributed by atoms with Crippen LogP contribution in [0.15, 0.2) is 4.47 Å². The van der Waals surface area contributed by atoms with E-state index in [-0.39, 0.29) is 5.91 Å². The molecule has 1 rings (SSSR count). The lowest BCUT2D eigenvalue weighted by Gasteiger charge is -2.20. The minimum atomic E-state index is -0.261. The molecular formula is C12H17BrN2O2. The van der Waals surface area contributed by atoms with Crippen molar-refractivity contribution in [2.24, 2.45) is 5.84 Å². The smallest absolute Gasteiger partial charge is 0.271 e. The number of halogens is 1. The molecule has 5 heteroatoms. The number of hydrogen-bond donors (Lipinski definition) is 1. The molecule has 1 aromatic rings. The Bertz CT molecular complexity index is 470. The van der Waals surface area contributed by atoms with Crippen molar-refractivity contribution in [3.05, 3.63) is 26.7 Å². The first-order valence-corrected chi connectivity index (χ1v) is 5.98. The Morgan fingerprint density at radius 3 is 2.18 bits per heavy atom. The third kappa shape index (κ3) is 2.30. The number of benzene rings is 1. The van der Waals surface area contributed by atoms with E-state index in [4.69, 9.17) is 10.6 Å². The van der Waals surface area contributed by atoms with Crippen molar-refractivity contribution in [3.8, 4) is 5.75 Å². The van der Waals surface area contributed by atoms with E-state index in [2.05, 4.69) is 15.9 Å². The monoisotopic (exact) mass is 300 g/mol. The van der Waals surface area contributed by atoms with Gasteiger partial charge in [-0.1, -0.05) is 15.9 Å². The molecule has 17 heavy (non-hydrogen) atoms. The van der Waals surface area contributed by atoms with Gasteiger partial charge in [0.25, 0.3) is 5.91 Å². The maximum absolute atomic E-state index is 12.1. The summed E-state index contributed by atoms with van der Waals surface area (Å²) in [6.07, 6.45) is 0. The van der Waals surface area contributed by atoms with Crippen LogP contribution in [0.5, 0.6) is 5.75 Å². The highest BCUT2D eigenvalue weighted by Gasteiger charge is 2.23. The number of rotatable bonds is 2. The first kappa shape index (κ1) is 14.0. The Morgan fingerprint density at radius 1 is 1.24 bits per heavy atom. The second kappa shape index (κ2) is 5.06. The van der Waals surface area contributed by atoms with Gasteiger partial charge in [0.05, 0.1) is 12.7 Å². The van der Waals surface area contributed by atoms with Crippen LogP contribution in [0.1, 0.15) is 27.0 Å². The van der Waals surface area contributed by atoms with Crippen LogP contribution in [0, 0.1) is 20.8 Å². The lowest BCUT2D eigenvalue weighted by Crippen LogP contribution is -2.34.